The smallest absolute Gasteiger partial charge is 0.232 e. The summed E-state index contributed by atoms with van der Waals surface area (Å²) in [6.07, 6.45) is 0.503. The lowest BCUT2D eigenvalue weighted by molar-refractivity contribution is 0.0617. The first-order valence-electron chi connectivity index (χ1n) is 7.63. The van der Waals surface area contributed by atoms with E-state index in [1.807, 2.05) is 0 Å². The highest BCUT2D eigenvalue weighted by Gasteiger charge is 2.39. The van der Waals surface area contributed by atoms with Gasteiger partial charge in [0, 0.05) is 11.1 Å². The number of allylic oxidation sites excluding steroid dienone is 2. The van der Waals surface area contributed by atoms with Gasteiger partial charge in [0.15, 0.2) is 11.5 Å². The standard InChI is InChI=1S/C19H13FO4/c20-11-6-4-10(5-7-11)15-9-8-13-17(22)12-2-1-3-14(21)16(12)18(23)19(13)24-15/h1-7,15,21H,8-9H2. The van der Waals surface area contributed by atoms with Crippen LogP contribution in [0.25, 0.3) is 0 Å². The topological polar surface area (TPSA) is 63.6 Å². The summed E-state index contributed by atoms with van der Waals surface area (Å²) in [5, 5.41) is 9.96. The molecule has 0 aromatic heterocycles. The van der Waals surface area contributed by atoms with Crippen molar-refractivity contribution in [3.8, 4) is 5.75 Å². The van der Waals surface area contributed by atoms with Gasteiger partial charge in [-0.05, 0) is 36.6 Å². The molecular weight excluding hydrogens is 311 g/mol. The van der Waals surface area contributed by atoms with Crippen molar-refractivity contribution in [1.82, 2.24) is 0 Å². The molecule has 0 spiro atoms. The van der Waals surface area contributed by atoms with E-state index in [1.54, 1.807) is 12.1 Å². The van der Waals surface area contributed by atoms with Crippen LogP contribution in [0, 0.1) is 5.82 Å². The maximum atomic E-state index is 13.1. The number of benzene rings is 2. The number of carbonyl (C=O) groups is 2. The number of rotatable bonds is 1. The molecule has 0 saturated heterocycles. The minimum absolute atomic E-state index is 0.00502. The van der Waals surface area contributed by atoms with Crippen LogP contribution >= 0.6 is 0 Å². The molecule has 4 rings (SSSR count). The van der Waals surface area contributed by atoms with Crippen LogP contribution in [0.3, 0.4) is 0 Å². The summed E-state index contributed by atoms with van der Waals surface area (Å²) in [5.74, 6) is -1.35. The van der Waals surface area contributed by atoms with Crippen molar-refractivity contribution in [1.29, 1.82) is 0 Å². The number of carbonyl (C=O) groups excluding carboxylic acids is 2. The van der Waals surface area contributed by atoms with E-state index < -0.39 is 11.9 Å². The van der Waals surface area contributed by atoms with Gasteiger partial charge in [0.05, 0.1) is 5.56 Å². The molecule has 1 atom stereocenters. The Kier molecular flexibility index (Phi) is 3.23. The first-order chi connectivity index (χ1) is 11.6. The number of aromatic hydroxyl groups is 1. The largest absolute Gasteiger partial charge is 0.507 e. The minimum Gasteiger partial charge on any atom is -0.507 e. The highest BCUT2D eigenvalue weighted by atomic mass is 19.1. The number of Topliss-reactive ketones (excluding diaryl/α,β-unsaturated/α-hetero) is 2. The van der Waals surface area contributed by atoms with Crippen LogP contribution in [0.5, 0.6) is 5.75 Å². The second-order valence-electron chi connectivity index (χ2n) is 5.86. The number of ketones is 2. The Hall–Kier alpha value is -2.95. The minimum atomic E-state index is -0.482. The highest BCUT2D eigenvalue weighted by molar-refractivity contribution is 6.27. The molecule has 0 amide bonds. The molecule has 2 aliphatic rings. The van der Waals surface area contributed by atoms with Crippen LogP contribution in [0.1, 0.15) is 45.2 Å². The molecule has 0 radical (unpaired) electrons. The Bertz CT molecular complexity index is 896. The molecule has 0 bridgehead atoms. The molecule has 5 heteroatoms. The molecule has 2 aromatic rings. The van der Waals surface area contributed by atoms with E-state index in [-0.39, 0.29) is 34.2 Å². The quantitative estimate of drug-likeness (QED) is 0.868. The van der Waals surface area contributed by atoms with Crippen LogP contribution < -0.4 is 0 Å². The fourth-order valence-electron chi connectivity index (χ4n) is 3.22. The molecule has 1 aliphatic heterocycles. The lowest BCUT2D eigenvalue weighted by Gasteiger charge is -2.30. The summed E-state index contributed by atoms with van der Waals surface area (Å²) in [4.78, 5) is 25.3. The molecule has 2 aromatic carbocycles. The van der Waals surface area contributed by atoms with E-state index >= 15 is 0 Å². The maximum absolute atomic E-state index is 13.1. The van der Waals surface area contributed by atoms with Gasteiger partial charge in [-0.1, -0.05) is 24.3 Å². The first-order valence-corrected chi connectivity index (χ1v) is 7.63. The second kappa shape index (κ2) is 5.30. The van der Waals surface area contributed by atoms with E-state index in [2.05, 4.69) is 0 Å². The van der Waals surface area contributed by atoms with Gasteiger partial charge in [-0.2, -0.15) is 0 Å². The van der Waals surface area contributed by atoms with E-state index in [4.69, 9.17) is 4.74 Å². The summed E-state index contributed by atoms with van der Waals surface area (Å²) < 4.78 is 18.9. The van der Waals surface area contributed by atoms with Crippen molar-refractivity contribution in [2.24, 2.45) is 0 Å². The number of halogens is 1. The van der Waals surface area contributed by atoms with Crippen molar-refractivity contribution < 1.29 is 23.8 Å². The van der Waals surface area contributed by atoms with E-state index in [0.29, 0.717) is 18.4 Å². The van der Waals surface area contributed by atoms with Gasteiger partial charge >= 0.3 is 0 Å². The Balaban J connectivity index is 1.74. The van der Waals surface area contributed by atoms with Gasteiger partial charge in [0.2, 0.25) is 5.78 Å². The molecule has 1 unspecified atom stereocenters. The molecule has 0 saturated carbocycles. The van der Waals surface area contributed by atoms with Gasteiger partial charge in [-0.15, -0.1) is 0 Å². The van der Waals surface area contributed by atoms with Crippen LogP contribution in [0.4, 0.5) is 4.39 Å². The monoisotopic (exact) mass is 324 g/mol. The Morgan fingerprint density at radius 1 is 1.04 bits per heavy atom. The van der Waals surface area contributed by atoms with Crippen LogP contribution in [-0.4, -0.2) is 16.7 Å². The lowest BCUT2D eigenvalue weighted by atomic mass is 9.83. The number of phenols is 1. The number of ether oxygens (including phenoxy) is 1. The highest BCUT2D eigenvalue weighted by Crippen LogP contribution is 2.41. The SMILES string of the molecule is O=C1C2=C(OC(c3ccc(F)cc3)CC2)C(=O)c2c(O)cccc21. The fraction of sp³-hybridized carbons (Fsp3) is 0.158. The summed E-state index contributed by atoms with van der Waals surface area (Å²) >= 11 is 0. The number of hydrogen-bond donors (Lipinski definition) is 1. The maximum Gasteiger partial charge on any atom is 0.232 e. The zero-order valence-corrected chi connectivity index (χ0v) is 12.6. The third-order valence-electron chi connectivity index (χ3n) is 4.43. The van der Waals surface area contributed by atoms with Crippen molar-refractivity contribution >= 4 is 11.6 Å². The average molecular weight is 324 g/mol. The lowest BCUT2D eigenvalue weighted by Crippen LogP contribution is -2.28. The Labute approximate surface area is 137 Å². The van der Waals surface area contributed by atoms with Crippen molar-refractivity contribution in [2.45, 2.75) is 18.9 Å². The van der Waals surface area contributed by atoms with E-state index in [1.165, 1.54) is 30.3 Å². The van der Waals surface area contributed by atoms with E-state index in [9.17, 15) is 19.1 Å². The molecule has 0 fully saturated rings. The van der Waals surface area contributed by atoms with Crippen LogP contribution in [0.2, 0.25) is 0 Å². The fourth-order valence-corrected chi connectivity index (χ4v) is 3.22. The number of fused-ring (bicyclic) bond motifs is 1. The van der Waals surface area contributed by atoms with Gasteiger partial charge < -0.3 is 9.84 Å². The third-order valence-corrected chi connectivity index (χ3v) is 4.43. The molecule has 1 N–H and O–H groups in total. The average Bonchev–Trinajstić information content (AvgIpc) is 2.60. The normalized spacial score (nSPS) is 19.6. The van der Waals surface area contributed by atoms with Crippen molar-refractivity contribution in [3.63, 3.8) is 0 Å². The van der Waals surface area contributed by atoms with Gasteiger partial charge in [-0.25, -0.2) is 4.39 Å². The molecular formula is C19H13FO4. The van der Waals surface area contributed by atoms with Crippen molar-refractivity contribution in [3.05, 3.63) is 76.3 Å². The Morgan fingerprint density at radius 2 is 1.79 bits per heavy atom. The molecule has 1 aliphatic carbocycles. The Morgan fingerprint density at radius 3 is 2.54 bits per heavy atom. The molecule has 120 valence electrons. The summed E-state index contributed by atoms with van der Waals surface area (Å²) in [5.41, 5.74) is 1.28. The second-order valence-corrected chi connectivity index (χ2v) is 5.86. The summed E-state index contributed by atoms with van der Waals surface area (Å²) in [7, 11) is 0. The zero-order chi connectivity index (χ0) is 16.8. The third kappa shape index (κ3) is 2.12. The van der Waals surface area contributed by atoms with Crippen LogP contribution in [0.15, 0.2) is 53.8 Å². The van der Waals surface area contributed by atoms with Gasteiger partial charge in [-0.3, -0.25) is 9.59 Å². The molecule has 4 nitrogen and oxygen atoms in total. The predicted octanol–water partition coefficient (Wildman–Crippen LogP) is 3.72. The molecule has 1 heterocycles. The van der Waals surface area contributed by atoms with Crippen molar-refractivity contribution in [2.75, 3.05) is 0 Å². The van der Waals surface area contributed by atoms with E-state index in [0.717, 1.165) is 5.56 Å². The number of hydrogen-bond acceptors (Lipinski definition) is 4. The zero-order valence-electron chi connectivity index (χ0n) is 12.6. The van der Waals surface area contributed by atoms with Gasteiger partial charge in [0.1, 0.15) is 17.7 Å². The van der Waals surface area contributed by atoms with Crippen LogP contribution in [-0.2, 0) is 4.74 Å². The predicted molar refractivity (Wildman–Crippen MR) is 83.3 cm³/mol. The molecule has 24 heavy (non-hydrogen) atoms. The number of phenolic OH excluding ortho intramolecular Hbond substituents is 1. The summed E-state index contributed by atoms with van der Waals surface area (Å²) in [6, 6.07) is 10.3. The van der Waals surface area contributed by atoms with Gasteiger partial charge in [0.25, 0.3) is 0 Å². The summed E-state index contributed by atoms with van der Waals surface area (Å²) in [6.45, 7) is 0. The first kappa shape index (κ1) is 14.6.